The molecule has 1 atom stereocenters. The van der Waals surface area contributed by atoms with Crippen molar-refractivity contribution in [2.75, 3.05) is 6.54 Å². The highest BCUT2D eigenvalue weighted by atomic mass is 32.1. The number of hydrogen-bond donors (Lipinski definition) is 1. The van der Waals surface area contributed by atoms with Crippen LogP contribution in [0, 0.1) is 0 Å². The molecule has 1 aliphatic heterocycles. The Morgan fingerprint density at radius 2 is 2.14 bits per heavy atom. The van der Waals surface area contributed by atoms with E-state index in [2.05, 4.69) is 4.98 Å². The second kappa shape index (κ2) is 6.27. The number of likely N-dealkylation sites (tertiary alicyclic amines) is 1. The first kappa shape index (κ1) is 14.7. The third-order valence-electron chi connectivity index (χ3n) is 3.85. The molecule has 1 N–H and O–H groups in total. The van der Waals surface area contributed by atoms with Crippen molar-refractivity contribution in [2.45, 2.75) is 25.3 Å². The van der Waals surface area contributed by atoms with Gasteiger partial charge in [-0.2, -0.15) is 0 Å². The molecule has 0 spiro atoms. The SMILES string of the molecule is O=C(C[C@@H]1CCCN1C(=O)c1cccc(=O)[nH]1)c1cccs1. The lowest BCUT2D eigenvalue weighted by Gasteiger charge is -2.24. The molecule has 0 aromatic carbocycles. The summed E-state index contributed by atoms with van der Waals surface area (Å²) in [7, 11) is 0. The summed E-state index contributed by atoms with van der Waals surface area (Å²) in [5, 5.41) is 1.87. The van der Waals surface area contributed by atoms with Gasteiger partial charge < -0.3 is 9.88 Å². The average Bonchev–Trinajstić information content (AvgIpc) is 3.18. The average molecular weight is 316 g/mol. The molecule has 1 saturated heterocycles. The lowest BCUT2D eigenvalue weighted by atomic mass is 10.1. The summed E-state index contributed by atoms with van der Waals surface area (Å²) in [6.45, 7) is 0.623. The van der Waals surface area contributed by atoms with E-state index >= 15 is 0 Å². The molecule has 0 saturated carbocycles. The van der Waals surface area contributed by atoms with Crippen LogP contribution in [0.5, 0.6) is 0 Å². The summed E-state index contributed by atoms with van der Waals surface area (Å²) >= 11 is 1.42. The highest BCUT2D eigenvalue weighted by molar-refractivity contribution is 7.12. The minimum atomic E-state index is -0.295. The van der Waals surface area contributed by atoms with Gasteiger partial charge in [0.05, 0.1) is 4.88 Å². The third-order valence-corrected chi connectivity index (χ3v) is 4.76. The second-order valence-corrected chi connectivity index (χ2v) is 6.28. The van der Waals surface area contributed by atoms with Gasteiger partial charge in [-0.3, -0.25) is 14.4 Å². The van der Waals surface area contributed by atoms with Crippen molar-refractivity contribution in [1.29, 1.82) is 0 Å². The lowest BCUT2D eigenvalue weighted by molar-refractivity contribution is 0.0712. The Kier molecular flexibility index (Phi) is 4.20. The molecule has 2 aromatic rings. The van der Waals surface area contributed by atoms with Gasteiger partial charge in [0.2, 0.25) is 5.56 Å². The maximum absolute atomic E-state index is 12.5. The number of nitrogens with one attached hydrogen (secondary N) is 1. The van der Waals surface area contributed by atoms with Crippen LogP contribution in [0.2, 0.25) is 0 Å². The van der Waals surface area contributed by atoms with Gasteiger partial charge in [0.25, 0.3) is 5.91 Å². The first-order valence-electron chi connectivity index (χ1n) is 7.22. The Hall–Kier alpha value is -2.21. The van der Waals surface area contributed by atoms with Crippen LogP contribution in [-0.4, -0.2) is 34.2 Å². The normalized spacial score (nSPS) is 17.6. The van der Waals surface area contributed by atoms with E-state index in [0.717, 1.165) is 17.7 Å². The Bertz CT molecular complexity index is 736. The van der Waals surface area contributed by atoms with Crippen LogP contribution in [0.1, 0.15) is 39.4 Å². The number of aromatic amines is 1. The quantitative estimate of drug-likeness (QED) is 0.880. The molecule has 22 heavy (non-hydrogen) atoms. The Labute approximate surface area is 131 Å². The Balaban J connectivity index is 1.74. The molecular weight excluding hydrogens is 300 g/mol. The maximum atomic E-state index is 12.5. The van der Waals surface area contributed by atoms with Crippen LogP contribution in [0.15, 0.2) is 40.5 Å². The fourth-order valence-electron chi connectivity index (χ4n) is 2.79. The van der Waals surface area contributed by atoms with E-state index in [1.54, 1.807) is 17.0 Å². The van der Waals surface area contributed by atoms with Crippen molar-refractivity contribution in [3.63, 3.8) is 0 Å². The molecule has 3 heterocycles. The number of nitrogens with zero attached hydrogens (tertiary/aromatic N) is 1. The molecule has 1 aliphatic rings. The highest BCUT2D eigenvalue weighted by Crippen LogP contribution is 2.24. The van der Waals surface area contributed by atoms with Gasteiger partial charge in [0.15, 0.2) is 5.78 Å². The van der Waals surface area contributed by atoms with Crippen LogP contribution in [0.4, 0.5) is 0 Å². The van der Waals surface area contributed by atoms with Crippen molar-refractivity contribution in [3.8, 4) is 0 Å². The van der Waals surface area contributed by atoms with E-state index in [4.69, 9.17) is 0 Å². The number of rotatable bonds is 4. The summed E-state index contributed by atoms with van der Waals surface area (Å²) < 4.78 is 0. The predicted octanol–water partition coefficient (Wildman–Crippen LogP) is 2.31. The zero-order valence-electron chi connectivity index (χ0n) is 12.0. The van der Waals surface area contributed by atoms with Crippen molar-refractivity contribution >= 4 is 23.0 Å². The van der Waals surface area contributed by atoms with Crippen molar-refractivity contribution < 1.29 is 9.59 Å². The fraction of sp³-hybridized carbons (Fsp3) is 0.312. The number of Topliss-reactive ketones (excluding diaryl/α,β-unsaturated/α-hetero) is 1. The van der Waals surface area contributed by atoms with Gasteiger partial charge in [-0.15, -0.1) is 11.3 Å². The maximum Gasteiger partial charge on any atom is 0.270 e. The molecule has 0 aliphatic carbocycles. The van der Waals surface area contributed by atoms with E-state index in [0.29, 0.717) is 13.0 Å². The molecule has 5 nitrogen and oxygen atoms in total. The molecular formula is C16H16N2O3S. The van der Waals surface area contributed by atoms with Crippen LogP contribution in [0.25, 0.3) is 0 Å². The van der Waals surface area contributed by atoms with Gasteiger partial charge >= 0.3 is 0 Å². The largest absolute Gasteiger partial charge is 0.334 e. The van der Waals surface area contributed by atoms with E-state index in [1.807, 2.05) is 17.5 Å². The number of hydrogen-bond acceptors (Lipinski definition) is 4. The van der Waals surface area contributed by atoms with Crippen LogP contribution in [0.3, 0.4) is 0 Å². The third kappa shape index (κ3) is 3.01. The molecule has 114 valence electrons. The number of ketones is 1. The number of H-pyrrole nitrogens is 1. The molecule has 6 heteroatoms. The number of pyridine rings is 1. The summed E-state index contributed by atoms with van der Waals surface area (Å²) in [5.41, 5.74) is -0.0146. The van der Waals surface area contributed by atoms with Gasteiger partial charge in [0.1, 0.15) is 5.69 Å². The van der Waals surface area contributed by atoms with Crippen LogP contribution >= 0.6 is 11.3 Å². The number of carbonyl (C=O) groups excluding carboxylic acids is 2. The molecule has 0 radical (unpaired) electrons. The summed E-state index contributed by atoms with van der Waals surface area (Å²) in [5.74, 6) is -0.138. The molecule has 0 bridgehead atoms. The van der Waals surface area contributed by atoms with E-state index in [-0.39, 0.29) is 29.0 Å². The number of thiophene rings is 1. The minimum Gasteiger partial charge on any atom is -0.334 e. The standard InChI is InChI=1S/C16H16N2O3S/c19-13(14-6-3-9-22-14)10-11-4-2-8-18(11)16(21)12-5-1-7-15(20)17-12/h1,3,5-7,9,11H,2,4,8,10H2,(H,17,20)/t11-/m0/s1. The zero-order chi connectivity index (χ0) is 15.5. The Morgan fingerprint density at radius 3 is 2.86 bits per heavy atom. The monoisotopic (exact) mass is 316 g/mol. The fourth-order valence-corrected chi connectivity index (χ4v) is 3.47. The molecule has 1 fully saturated rings. The molecule has 0 unspecified atom stereocenters. The first-order valence-corrected chi connectivity index (χ1v) is 8.10. The van der Waals surface area contributed by atoms with E-state index < -0.39 is 0 Å². The number of carbonyl (C=O) groups is 2. The molecule has 3 rings (SSSR count). The lowest BCUT2D eigenvalue weighted by Crippen LogP contribution is -2.37. The highest BCUT2D eigenvalue weighted by Gasteiger charge is 2.31. The Morgan fingerprint density at radius 1 is 1.27 bits per heavy atom. The van der Waals surface area contributed by atoms with Crippen LogP contribution in [-0.2, 0) is 0 Å². The van der Waals surface area contributed by atoms with Gasteiger partial charge in [-0.25, -0.2) is 0 Å². The second-order valence-electron chi connectivity index (χ2n) is 5.33. The minimum absolute atomic E-state index is 0.0706. The topological polar surface area (TPSA) is 70.2 Å². The van der Waals surface area contributed by atoms with Crippen molar-refractivity contribution in [2.24, 2.45) is 0 Å². The van der Waals surface area contributed by atoms with Crippen molar-refractivity contribution in [1.82, 2.24) is 9.88 Å². The van der Waals surface area contributed by atoms with E-state index in [1.165, 1.54) is 17.4 Å². The summed E-state index contributed by atoms with van der Waals surface area (Å²) in [6.07, 6.45) is 2.04. The number of aromatic nitrogens is 1. The molecule has 2 aromatic heterocycles. The van der Waals surface area contributed by atoms with E-state index in [9.17, 15) is 14.4 Å². The molecule has 1 amide bonds. The van der Waals surface area contributed by atoms with Gasteiger partial charge in [0, 0.05) is 25.1 Å². The van der Waals surface area contributed by atoms with Gasteiger partial charge in [-0.05, 0) is 30.4 Å². The van der Waals surface area contributed by atoms with Crippen LogP contribution < -0.4 is 5.56 Å². The smallest absolute Gasteiger partial charge is 0.270 e. The van der Waals surface area contributed by atoms with Gasteiger partial charge in [-0.1, -0.05) is 12.1 Å². The summed E-state index contributed by atoms with van der Waals surface area (Å²) in [4.78, 5) is 41.1. The van der Waals surface area contributed by atoms with Crippen molar-refractivity contribution in [3.05, 3.63) is 56.6 Å². The summed E-state index contributed by atoms with van der Waals surface area (Å²) in [6, 6.07) is 8.10. The first-order chi connectivity index (χ1) is 10.6. The zero-order valence-corrected chi connectivity index (χ0v) is 12.8. The predicted molar refractivity (Wildman–Crippen MR) is 84.4 cm³/mol. The number of amides is 1.